The molecule has 1 aromatic carbocycles. The summed E-state index contributed by atoms with van der Waals surface area (Å²) < 4.78 is 13.4. The normalized spacial score (nSPS) is 11.4. The quantitative estimate of drug-likeness (QED) is 0.414. The van der Waals surface area contributed by atoms with E-state index in [4.69, 9.17) is 4.98 Å². The zero-order valence-corrected chi connectivity index (χ0v) is 16.2. The van der Waals surface area contributed by atoms with Crippen molar-refractivity contribution in [2.45, 2.75) is 0 Å². The van der Waals surface area contributed by atoms with Crippen LogP contribution in [0.3, 0.4) is 0 Å². The van der Waals surface area contributed by atoms with Gasteiger partial charge in [-0.3, -0.25) is 15.1 Å². The smallest absolute Gasteiger partial charge is 0.135 e. The van der Waals surface area contributed by atoms with Crippen LogP contribution in [0.25, 0.3) is 55.8 Å². The van der Waals surface area contributed by atoms with Crippen molar-refractivity contribution in [1.82, 2.24) is 30.1 Å². The molecule has 0 spiro atoms. The van der Waals surface area contributed by atoms with Crippen molar-refractivity contribution in [1.29, 1.82) is 0 Å². The molecule has 0 saturated heterocycles. The summed E-state index contributed by atoms with van der Waals surface area (Å²) in [5, 5.41) is 8.53. The number of H-pyrrole nitrogens is 2. The maximum atomic E-state index is 13.4. The number of rotatable bonds is 3. The monoisotopic (exact) mass is 406 g/mol. The highest BCUT2D eigenvalue weighted by Gasteiger charge is 2.16. The van der Waals surface area contributed by atoms with E-state index in [0.717, 1.165) is 50.1 Å². The minimum Gasteiger partial charge on any atom is -0.352 e. The molecule has 0 aliphatic heterocycles. The maximum absolute atomic E-state index is 13.4. The summed E-state index contributed by atoms with van der Waals surface area (Å²) in [6.45, 7) is 0. The molecule has 148 valence electrons. The van der Waals surface area contributed by atoms with E-state index in [1.807, 2.05) is 36.4 Å². The number of nitrogens with zero attached hydrogens (tertiary/aromatic N) is 4. The molecule has 0 saturated carbocycles. The lowest BCUT2D eigenvalue weighted by atomic mass is 10.0. The van der Waals surface area contributed by atoms with Crippen molar-refractivity contribution >= 4 is 21.9 Å². The van der Waals surface area contributed by atoms with Crippen LogP contribution in [0.1, 0.15) is 0 Å². The average Bonchev–Trinajstić information content (AvgIpc) is 3.43. The fourth-order valence-electron chi connectivity index (χ4n) is 3.78. The Labute approximate surface area is 175 Å². The third-order valence-electron chi connectivity index (χ3n) is 5.29. The predicted octanol–water partition coefficient (Wildman–Crippen LogP) is 5.37. The van der Waals surface area contributed by atoms with Crippen molar-refractivity contribution in [2.24, 2.45) is 0 Å². The highest BCUT2D eigenvalue weighted by Crippen LogP contribution is 2.33. The molecule has 31 heavy (non-hydrogen) atoms. The van der Waals surface area contributed by atoms with Crippen molar-refractivity contribution in [2.75, 3.05) is 0 Å². The van der Waals surface area contributed by atoms with Crippen LogP contribution >= 0.6 is 0 Å². The largest absolute Gasteiger partial charge is 0.352 e. The van der Waals surface area contributed by atoms with Crippen LogP contribution in [0, 0.1) is 5.82 Å². The van der Waals surface area contributed by atoms with E-state index in [1.165, 1.54) is 12.1 Å². The molecule has 0 bridgehead atoms. The number of hydrogen-bond acceptors (Lipinski definition) is 4. The Balaban J connectivity index is 1.51. The van der Waals surface area contributed by atoms with Gasteiger partial charge < -0.3 is 4.98 Å². The number of pyridine rings is 3. The molecule has 0 aliphatic carbocycles. The molecule has 0 amide bonds. The molecular weight excluding hydrogens is 391 g/mol. The number of aromatic nitrogens is 6. The Hall–Kier alpha value is -4.39. The number of fused-ring (bicyclic) bond motifs is 2. The first-order valence-corrected chi connectivity index (χ1v) is 9.76. The van der Waals surface area contributed by atoms with Gasteiger partial charge in [0.15, 0.2) is 0 Å². The molecular formula is C24H15FN6. The van der Waals surface area contributed by atoms with Gasteiger partial charge in [0.1, 0.15) is 17.0 Å². The van der Waals surface area contributed by atoms with Crippen molar-refractivity contribution in [3.05, 3.63) is 85.1 Å². The first-order chi connectivity index (χ1) is 15.3. The molecule has 0 unspecified atom stereocenters. The molecule has 0 atom stereocenters. The van der Waals surface area contributed by atoms with E-state index in [0.29, 0.717) is 5.69 Å². The first kappa shape index (κ1) is 17.5. The third-order valence-corrected chi connectivity index (χ3v) is 5.29. The zero-order valence-electron chi connectivity index (χ0n) is 16.2. The van der Waals surface area contributed by atoms with E-state index in [2.05, 4.69) is 25.1 Å². The third kappa shape index (κ3) is 2.95. The highest BCUT2D eigenvalue weighted by atomic mass is 19.1. The minimum absolute atomic E-state index is 0.267. The van der Waals surface area contributed by atoms with Crippen molar-refractivity contribution in [3.8, 4) is 33.9 Å². The molecule has 6 rings (SSSR count). The second-order valence-corrected chi connectivity index (χ2v) is 7.22. The number of hydrogen-bond donors (Lipinski definition) is 2. The summed E-state index contributed by atoms with van der Waals surface area (Å²) in [6, 6.07) is 18.1. The fraction of sp³-hybridized carbons (Fsp3) is 0. The molecule has 5 aromatic heterocycles. The van der Waals surface area contributed by atoms with E-state index < -0.39 is 0 Å². The van der Waals surface area contributed by atoms with Gasteiger partial charge in [-0.15, -0.1) is 0 Å². The SMILES string of the molecule is Fc1ccc(-c2cncc3[nH]c(-c4n[nH]c5ccc(-c6ccccn6)nc45)cc23)cc1. The Morgan fingerprint density at radius 1 is 0.839 bits per heavy atom. The van der Waals surface area contributed by atoms with Crippen LogP contribution in [0.4, 0.5) is 4.39 Å². The van der Waals surface area contributed by atoms with E-state index >= 15 is 0 Å². The van der Waals surface area contributed by atoms with Gasteiger partial charge in [0.2, 0.25) is 0 Å². The van der Waals surface area contributed by atoms with Gasteiger partial charge in [0.25, 0.3) is 0 Å². The predicted molar refractivity (Wildman–Crippen MR) is 118 cm³/mol. The van der Waals surface area contributed by atoms with Crippen LogP contribution in [0.2, 0.25) is 0 Å². The van der Waals surface area contributed by atoms with Crippen LogP contribution in [0.15, 0.2) is 79.3 Å². The molecule has 5 heterocycles. The zero-order chi connectivity index (χ0) is 20.8. The lowest BCUT2D eigenvalue weighted by molar-refractivity contribution is 0.628. The Bertz CT molecular complexity index is 1530. The van der Waals surface area contributed by atoms with E-state index in [1.54, 1.807) is 30.7 Å². The summed E-state index contributed by atoms with van der Waals surface area (Å²) in [4.78, 5) is 16.9. The summed E-state index contributed by atoms with van der Waals surface area (Å²) in [5.41, 5.74) is 7.40. The maximum Gasteiger partial charge on any atom is 0.135 e. The number of aromatic amines is 2. The van der Waals surface area contributed by atoms with Gasteiger partial charge in [0.05, 0.1) is 34.3 Å². The molecule has 6 aromatic rings. The Kier molecular flexibility index (Phi) is 3.86. The van der Waals surface area contributed by atoms with Gasteiger partial charge in [-0.1, -0.05) is 18.2 Å². The number of benzene rings is 1. The lowest BCUT2D eigenvalue weighted by Crippen LogP contribution is -1.87. The highest BCUT2D eigenvalue weighted by molar-refractivity contribution is 5.99. The minimum atomic E-state index is -0.267. The van der Waals surface area contributed by atoms with Gasteiger partial charge in [0, 0.05) is 23.3 Å². The Morgan fingerprint density at radius 2 is 1.74 bits per heavy atom. The van der Waals surface area contributed by atoms with Crippen molar-refractivity contribution < 1.29 is 4.39 Å². The van der Waals surface area contributed by atoms with Crippen LogP contribution in [0.5, 0.6) is 0 Å². The molecule has 0 radical (unpaired) electrons. The second kappa shape index (κ2) is 6.84. The standard InChI is InChI=1S/C24H15FN6/c25-15-6-4-14(5-7-15)17-12-26-13-22-16(17)11-21(28-22)24-23-20(30-31-24)9-8-19(29-23)18-3-1-2-10-27-18/h1-13,28H,(H,30,31). The summed E-state index contributed by atoms with van der Waals surface area (Å²) in [5.74, 6) is -0.267. The molecule has 7 heteroatoms. The van der Waals surface area contributed by atoms with Gasteiger partial charge in [-0.2, -0.15) is 5.10 Å². The Morgan fingerprint density at radius 3 is 2.58 bits per heavy atom. The molecule has 2 N–H and O–H groups in total. The van der Waals surface area contributed by atoms with Gasteiger partial charge in [-0.25, -0.2) is 9.37 Å². The average molecular weight is 406 g/mol. The van der Waals surface area contributed by atoms with E-state index in [9.17, 15) is 4.39 Å². The topological polar surface area (TPSA) is 83.1 Å². The first-order valence-electron chi connectivity index (χ1n) is 9.76. The number of halogens is 1. The molecule has 0 fully saturated rings. The van der Waals surface area contributed by atoms with Crippen LogP contribution in [-0.2, 0) is 0 Å². The summed E-state index contributed by atoms with van der Waals surface area (Å²) in [7, 11) is 0. The summed E-state index contributed by atoms with van der Waals surface area (Å²) in [6.07, 6.45) is 5.31. The lowest BCUT2D eigenvalue weighted by Gasteiger charge is -2.02. The van der Waals surface area contributed by atoms with Crippen molar-refractivity contribution in [3.63, 3.8) is 0 Å². The van der Waals surface area contributed by atoms with E-state index in [-0.39, 0.29) is 5.82 Å². The number of nitrogens with one attached hydrogen (secondary N) is 2. The fourth-order valence-corrected chi connectivity index (χ4v) is 3.78. The van der Waals surface area contributed by atoms with Crippen LogP contribution in [-0.4, -0.2) is 30.1 Å². The van der Waals surface area contributed by atoms with Gasteiger partial charge in [-0.05, 0) is 48.0 Å². The summed E-state index contributed by atoms with van der Waals surface area (Å²) >= 11 is 0. The second-order valence-electron chi connectivity index (χ2n) is 7.22. The van der Waals surface area contributed by atoms with Crippen LogP contribution < -0.4 is 0 Å². The molecule has 6 nitrogen and oxygen atoms in total. The molecule has 0 aliphatic rings. The van der Waals surface area contributed by atoms with Gasteiger partial charge >= 0.3 is 0 Å².